The Morgan fingerprint density at radius 2 is 2.24 bits per heavy atom. The summed E-state index contributed by atoms with van der Waals surface area (Å²) in [5, 5.41) is 11.4. The van der Waals surface area contributed by atoms with Gasteiger partial charge in [0.05, 0.1) is 12.1 Å². The molecule has 1 aliphatic rings. The average Bonchev–Trinajstić information content (AvgIpc) is 2.73. The van der Waals surface area contributed by atoms with Gasteiger partial charge in [-0.05, 0) is 28.1 Å². The van der Waals surface area contributed by atoms with Gasteiger partial charge < -0.3 is 9.88 Å². The fourth-order valence-corrected chi connectivity index (χ4v) is 2.51. The van der Waals surface area contributed by atoms with Crippen LogP contribution in [0.1, 0.15) is 5.82 Å². The van der Waals surface area contributed by atoms with Crippen molar-refractivity contribution in [3.8, 4) is 11.4 Å². The van der Waals surface area contributed by atoms with E-state index in [1.54, 1.807) is 12.1 Å². The molecule has 0 aliphatic carbocycles. The average molecular weight is 297 g/mol. The van der Waals surface area contributed by atoms with Crippen LogP contribution in [0.15, 0.2) is 22.7 Å². The zero-order chi connectivity index (χ0) is 11.8. The molecule has 88 valence electrons. The molecule has 0 unspecified atom stereocenters. The summed E-state index contributed by atoms with van der Waals surface area (Å²) in [5.41, 5.74) is 0.480. The van der Waals surface area contributed by atoms with Crippen molar-refractivity contribution >= 4 is 15.9 Å². The van der Waals surface area contributed by atoms with Crippen LogP contribution in [-0.4, -0.2) is 21.3 Å². The van der Waals surface area contributed by atoms with Crippen molar-refractivity contribution in [2.75, 3.05) is 6.54 Å². The molecule has 0 saturated heterocycles. The van der Waals surface area contributed by atoms with Gasteiger partial charge in [0.1, 0.15) is 11.6 Å². The van der Waals surface area contributed by atoms with E-state index in [-0.39, 0.29) is 5.82 Å². The van der Waals surface area contributed by atoms with Crippen molar-refractivity contribution in [1.82, 2.24) is 20.1 Å². The molecule has 2 aromatic rings. The van der Waals surface area contributed by atoms with Crippen LogP contribution in [0.25, 0.3) is 11.4 Å². The number of nitrogens with one attached hydrogen (secondary N) is 1. The van der Waals surface area contributed by atoms with Crippen LogP contribution in [-0.2, 0) is 13.1 Å². The van der Waals surface area contributed by atoms with Gasteiger partial charge in [-0.25, -0.2) is 4.39 Å². The molecule has 1 aromatic heterocycles. The maximum Gasteiger partial charge on any atom is 0.168 e. The lowest BCUT2D eigenvalue weighted by atomic mass is 10.2. The summed E-state index contributed by atoms with van der Waals surface area (Å²) < 4.78 is 16.5. The molecular weight excluding hydrogens is 287 g/mol. The topological polar surface area (TPSA) is 42.7 Å². The number of rotatable bonds is 1. The minimum Gasteiger partial charge on any atom is -0.309 e. The largest absolute Gasteiger partial charge is 0.309 e. The van der Waals surface area contributed by atoms with Crippen LogP contribution >= 0.6 is 15.9 Å². The molecule has 0 fully saturated rings. The summed E-state index contributed by atoms with van der Waals surface area (Å²) in [6, 6.07) is 4.90. The number of hydrogen-bond acceptors (Lipinski definition) is 3. The Labute approximate surface area is 106 Å². The van der Waals surface area contributed by atoms with Gasteiger partial charge in [-0.2, -0.15) is 0 Å². The van der Waals surface area contributed by atoms with E-state index < -0.39 is 0 Å². The fourth-order valence-electron chi connectivity index (χ4n) is 1.99. The molecule has 0 atom stereocenters. The minimum atomic E-state index is -0.284. The van der Waals surface area contributed by atoms with Crippen LogP contribution in [0.3, 0.4) is 0 Å². The third kappa shape index (κ3) is 1.77. The van der Waals surface area contributed by atoms with Crippen molar-refractivity contribution in [1.29, 1.82) is 0 Å². The van der Waals surface area contributed by atoms with Gasteiger partial charge in [-0.15, -0.1) is 10.2 Å². The quantitative estimate of drug-likeness (QED) is 0.875. The number of benzene rings is 1. The third-order valence-electron chi connectivity index (χ3n) is 2.81. The molecule has 6 heteroatoms. The number of nitrogens with zero attached hydrogens (tertiary/aromatic N) is 3. The molecular formula is C11H10BrFN4. The van der Waals surface area contributed by atoms with E-state index in [9.17, 15) is 4.39 Å². The molecule has 4 nitrogen and oxygen atoms in total. The number of halogens is 2. The third-order valence-corrected chi connectivity index (χ3v) is 3.47. The lowest BCUT2D eigenvalue weighted by Crippen LogP contribution is -2.28. The van der Waals surface area contributed by atoms with E-state index in [1.165, 1.54) is 6.07 Å². The highest BCUT2D eigenvalue weighted by molar-refractivity contribution is 9.10. The molecule has 1 aromatic carbocycles. The van der Waals surface area contributed by atoms with Crippen LogP contribution in [0.2, 0.25) is 0 Å². The zero-order valence-electron chi connectivity index (χ0n) is 8.95. The summed E-state index contributed by atoms with van der Waals surface area (Å²) in [6.45, 7) is 2.29. The van der Waals surface area contributed by atoms with Gasteiger partial charge in [0.25, 0.3) is 0 Å². The molecule has 17 heavy (non-hydrogen) atoms. The Kier molecular flexibility index (Phi) is 2.68. The summed E-state index contributed by atoms with van der Waals surface area (Å²) in [4.78, 5) is 0. The SMILES string of the molecule is Fc1cccc(Br)c1-c1nnc2n1CCNC2. The molecule has 0 spiro atoms. The highest BCUT2D eigenvalue weighted by Gasteiger charge is 2.20. The molecule has 3 rings (SSSR count). The van der Waals surface area contributed by atoms with Crippen molar-refractivity contribution in [2.45, 2.75) is 13.1 Å². The Bertz CT molecular complexity index is 546. The fraction of sp³-hybridized carbons (Fsp3) is 0.273. The summed E-state index contributed by atoms with van der Waals surface area (Å²) in [6.07, 6.45) is 0. The summed E-state index contributed by atoms with van der Waals surface area (Å²) in [5.74, 6) is 1.15. The van der Waals surface area contributed by atoms with Gasteiger partial charge >= 0.3 is 0 Å². The van der Waals surface area contributed by atoms with Gasteiger partial charge in [-0.1, -0.05) is 6.07 Å². The van der Waals surface area contributed by atoms with E-state index in [0.29, 0.717) is 22.4 Å². The van der Waals surface area contributed by atoms with Crippen LogP contribution in [0.4, 0.5) is 4.39 Å². The van der Waals surface area contributed by atoms with Crippen molar-refractivity contribution in [3.63, 3.8) is 0 Å². The molecule has 2 heterocycles. The Balaban J connectivity index is 2.19. The molecule has 0 radical (unpaired) electrons. The first-order chi connectivity index (χ1) is 8.27. The van der Waals surface area contributed by atoms with Crippen LogP contribution in [0.5, 0.6) is 0 Å². The lowest BCUT2D eigenvalue weighted by molar-refractivity contribution is 0.507. The molecule has 1 aliphatic heterocycles. The first kappa shape index (κ1) is 10.9. The van der Waals surface area contributed by atoms with Crippen molar-refractivity contribution < 1.29 is 4.39 Å². The van der Waals surface area contributed by atoms with Crippen molar-refractivity contribution in [2.24, 2.45) is 0 Å². The van der Waals surface area contributed by atoms with Crippen LogP contribution in [0, 0.1) is 5.82 Å². The molecule has 1 N–H and O–H groups in total. The van der Waals surface area contributed by atoms with Gasteiger partial charge in [0.15, 0.2) is 5.82 Å². The Morgan fingerprint density at radius 1 is 1.35 bits per heavy atom. The molecule has 0 amide bonds. The van der Waals surface area contributed by atoms with Crippen molar-refractivity contribution in [3.05, 3.63) is 34.3 Å². The van der Waals surface area contributed by atoms with E-state index in [0.717, 1.165) is 18.9 Å². The highest BCUT2D eigenvalue weighted by atomic mass is 79.9. The smallest absolute Gasteiger partial charge is 0.168 e. The second-order valence-corrected chi connectivity index (χ2v) is 4.72. The van der Waals surface area contributed by atoms with Gasteiger partial charge in [-0.3, -0.25) is 0 Å². The Hall–Kier alpha value is -1.27. The summed E-state index contributed by atoms with van der Waals surface area (Å²) in [7, 11) is 0. The minimum absolute atomic E-state index is 0.284. The second kappa shape index (κ2) is 4.19. The normalized spacial score (nSPS) is 14.7. The maximum atomic E-state index is 13.9. The predicted molar refractivity (Wildman–Crippen MR) is 64.8 cm³/mol. The molecule has 0 saturated carbocycles. The second-order valence-electron chi connectivity index (χ2n) is 3.86. The first-order valence-electron chi connectivity index (χ1n) is 5.34. The molecule has 0 bridgehead atoms. The lowest BCUT2D eigenvalue weighted by Gasteiger charge is -2.16. The van der Waals surface area contributed by atoms with Gasteiger partial charge in [0.2, 0.25) is 0 Å². The zero-order valence-corrected chi connectivity index (χ0v) is 10.5. The number of hydrogen-bond donors (Lipinski definition) is 1. The first-order valence-corrected chi connectivity index (χ1v) is 6.14. The standard InChI is InChI=1S/C11H10BrFN4/c12-7-2-1-3-8(13)10(7)11-16-15-9-6-14-4-5-17(9)11/h1-3,14H,4-6H2. The van der Waals surface area contributed by atoms with E-state index >= 15 is 0 Å². The monoisotopic (exact) mass is 296 g/mol. The highest BCUT2D eigenvalue weighted by Crippen LogP contribution is 2.30. The van der Waals surface area contributed by atoms with Crippen LogP contribution < -0.4 is 5.32 Å². The van der Waals surface area contributed by atoms with Gasteiger partial charge in [0, 0.05) is 17.6 Å². The number of fused-ring (bicyclic) bond motifs is 1. The summed E-state index contributed by atoms with van der Waals surface area (Å²) >= 11 is 3.36. The predicted octanol–water partition coefficient (Wildman–Crippen LogP) is 1.95. The Morgan fingerprint density at radius 3 is 3.06 bits per heavy atom. The van der Waals surface area contributed by atoms with E-state index in [1.807, 2.05) is 4.57 Å². The van der Waals surface area contributed by atoms with E-state index in [2.05, 4.69) is 31.4 Å². The number of aromatic nitrogens is 3. The van der Waals surface area contributed by atoms with E-state index in [4.69, 9.17) is 0 Å². The maximum absolute atomic E-state index is 13.9.